The highest BCUT2D eigenvalue weighted by molar-refractivity contribution is 6.33. The van der Waals surface area contributed by atoms with E-state index >= 15 is 0 Å². The van der Waals surface area contributed by atoms with Crippen LogP contribution < -0.4 is 5.32 Å². The molecule has 1 aliphatic rings. The van der Waals surface area contributed by atoms with Crippen LogP contribution in [0.4, 0.5) is 5.82 Å². The highest BCUT2D eigenvalue weighted by atomic mass is 35.5. The zero-order valence-corrected chi connectivity index (χ0v) is 11.0. The third kappa shape index (κ3) is 3.15. The van der Waals surface area contributed by atoms with Crippen LogP contribution in [-0.2, 0) is 4.74 Å². The Morgan fingerprint density at radius 1 is 1.53 bits per heavy atom. The first-order valence-corrected chi connectivity index (χ1v) is 6.30. The third-order valence-corrected chi connectivity index (χ3v) is 3.53. The lowest BCUT2D eigenvalue weighted by Crippen LogP contribution is -2.47. The van der Waals surface area contributed by atoms with Gasteiger partial charge >= 0.3 is 5.97 Å². The quantitative estimate of drug-likeness (QED) is 0.775. The largest absolute Gasteiger partial charge is 0.478 e. The molecule has 1 saturated heterocycles. The van der Waals surface area contributed by atoms with E-state index in [1.54, 1.807) is 0 Å². The van der Waals surface area contributed by atoms with E-state index in [-0.39, 0.29) is 17.2 Å². The normalized spacial score (nSPS) is 18.0. The van der Waals surface area contributed by atoms with Gasteiger partial charge in [0.2, 0.25) is 0 Å². The van der Waals surface area contributed by atoms with E-state index in [1.807, 2.05) is 0 Å². The second-order valence-corrected chi connectivity index (χ2v) is 4.94. The number of carboxylic acids is 1. The summed E-state index contributed by atoms with van der Waals surface area (Å²) in [4.78, 5) is 15.1. The zero-order valence-electron chi connectivity index (χ0n) is 10.2. The Balaban J connectivity index is 2.22. The molecule has 0 spiro atoms. The van der Waals surface area contributed by atoms with Crippen molar-refractivity contribution in [3.63, 3.8) is 0 Å². The minimum Gasteiger partial charge on any atom is -0.478 e. The summed E-state index contributed by atoms with van der Waals surface area (Å²) in [5, 5.41) is 21.7. The summed E-state index contributed by atoms with van der Waals surface area (Å²) in [6.07, 6.45) is 2.56. The van der Waals surface area contributed by atoms with Crippen LogP contribution in [-0.4, -0.2) is 46.5 Å². The van der Waals surface area contributed by atoms with Crippen molar-refractivity contribution >= 4 is 23.4 Å². The molecule has 0 atom stereocenters. The van der Waals surface area contributed by atoms with Gasteiger partial charge in [-0.25, -0.2) is 9.78 Å². The molecule has 3 N–H and O–H groups in total. The SMILES string of the molecule is O=C(O)c1cc(NC2(CO)CCOCC2)ncc1Cl. The highest BCUT2D eigenvalue weighted by Crippen LogP contribution is 2.26. The van der Waals surface area contributed by atoms with E-state index in [0.29, 0.717) is 31.9 Å². The topological polar surface area (TPSA) is 91.7 Å². The smallest absolute Gasteiger partial charge is 0.337 e. The molecule has 1 fully saturated rings. The van der Waals surface area contributed by atoms with Crippen molar-refractivity contribution in [2.45, 2.75) is 18.4 Å². The van der Waals surface area contributed by atoms with Crippen LogP contribution in [0, 0.1) is 0 Å². The number of aliphatic hydroxyl groups excluding tert-OH is 1. The van der Waals surface area contributed by atoms with Crippen molar-refractivity contribution in [2.75, 3.05) is 25.1 Å². The van der Waals surface area contributed by atoms with Gasteiger partial charge in [0.15, 0.2) is 0 Å². The van der Waals surface area contributed by atoms with Gasteiger partial charge < -0.3 is 20.3 Å². The lowest BCUT2D eigenvalue weighted by Gasteiger charge is -2.36. The molecule has 104 valence electrons. The Bertz CT molecular complexity index is 475. The Kier molecular flexibility index (Phi) is 4.24. The molecule has 0 radical (unpaired) electrons. The van der Waals surface area contributed by atoms with Crippen LogP contribution in [0.2, 0.25) is 5.02 Å². The van der Waals surface area contributed by atoms with E-state index in [1.165, 1.54) is 12.3 Å². The second-order valence-electron chi connectivity index (χ2n) is 4.53. The summed E-state index contributed by atoms with van der Waals surface area (Å²) in [6.45, 7) is 1.03. The Hall–Kier alpha value is -1.37. The van der Waals surface area contributed by atoms with E-state index in [4.69, 9.17) is 21.4 Å². The molecule has 0 saturated carbocycles. The Morgan fingerprint density at radius 3 is 2.79 bits per heavy atom. The van der Waals surface area contributed by atoms with Crippen molar-refractivity contribution in [1.82, 2.24) is 4.98 Å². The lowest BCUT2D eigenvalue weighted by atomic mass is 9.91. The maximum absolute atomic E-state index is 11.0. The minimum absolute atomic E-state index is 0.0145. The molecule has 0 bridgehead atoms. The summed E-state index contributed by atoms with van der Waals surface area (Å²) in [5.74, 6) is -0.724. The van der Waals surface area contributed by atoms with Crippen molar-refractivity contribution in [1.29, 1.82) is 0 Å². The number of aliphatic hydroxyl groups is 1. The number of carbonyl (C=O) groups is 1. The fraction of sp³-hybridized carbons (Fsp3) is 0.500. The number of hydrogen-bond donors (Lipinski definition) is 3. The molecule has 0 amide bonds. The molecule has 2 rings (SSSR count). The molecular weight excluding hydrogens is 272 g/mol. The van der Waals surface area contributed by atoms with Crippen LogP contribution in [0.5, 0.6) is 0 Å². The highest BCUT2D eigenvalue weighted by Gasteiger charge is 2.32. The van der Waals surface area contributed by atoms with Crippen LogP contribution >= 0.6 is 11.6 Å². The Labute approximate surface area is 115 Å². The van der Waals surface area contributed by atoms with Gasteiger partial charge in [-0.2, -0.15) is 0 Å². The van der Waals surface area contributed by atoms with Crippen molar-refractivity contribution in [3.05, 3.63) is 22.8 Å². The summed E-state index contributed by atoms with van der Waals surface area (Å²) < 4.78 is 5.26. The van der Waals surface area contributed by atoms with Crippen LogP contribution in [0.3, 0.4) is 0 Å². The summed E-state index contributed by atoms with van der Waals surface area (Å²) in [6, 6.07) is 1.37. The Morgan fingerprint density at radius 2 is 2.21 bits per heavy atom. The van der Waals surface area contributed by atoms with Crippen molar-refractivity contribution < 1.29 is 19.7 Å². The van der Waals surface area contributed by atoms with Crippen LogP contribution in [0.25, 0.3) is 0 Å². The molecule has 0 unspecified atom stereocenters. The summed E-state index contributed by atoms with van der Waals surface area (Å²) >= 11 is 5.76. The average molecular weight is 287 g/mol. The number of nitrogens with one attached hydrogen (secondary N) is 1. The zero-order chi connectivity index (χ0) is 13.9. The first-order valence-electron chi connectivity index (χ1n) is 5.92. The lowest BCUT2D eigenvalue weighted by molar-refractivity contribution is 0.0378. The predicted molar refractivity (Wildman–Crippen MR) is 69.7 cm³/mol. The van der Waals surface area contributed by atoms with Crippen LogP contribution in [0.1, 0.15) is 23.2 Å². The van der Waals surface area contributed by atoms with E-state index < -0.39 is 11.5 Å². The van der Waals surface area contributed by atoms with Crippen molar-refractivity contribution in [3.8, 4) is 0 Å². The van der Waals surface area contributed by atoms with Gasteiger partial charge in [0.25, 0.3) is 0 Å². The number of anilines is 1. The number of pyridine rings is 1. The van der Waals surface area contributed by atoms with Gasteiger partial charge in [-0.3, -0.25) is 0 Å². The molecule has 1 aromatic heterocycles. The van der Waals surface area contributed by atoms with Gasteiger partial charge in [0, 0.05) is 19.4 Å². The molecule has 6 nitrogen and oxygen atoms in total. The number of rotatable bonds is 4. The molecule has 1 aliphatic heterocycles. The average Bonchev–Trinajstić information content (AvgIpc) is 2.42. The molecule has 0 aromatic carbocycles. The third-order valence-electron chi connectivity index (χ3n) is 3.23. The standard InChI is InChI=1S/C12H15ClN2O4/c13-9-6-14-10(5-8(9)11(17)18)15-12(7-16)1-3-19-4-2-12/h5-6,16H,1-4,7H2,(H,14,15)(H,17,18). The first kappa shape index (κ1) is 14.0. The maximum atomic E-state index is 11.0. The van der Waals surface area contributed by atoms with Gasteiger partial charge in [0.1, 0.15) is 5.82 Å². The molecule has 1 aromatic rings. The number of hydrogen-bond acceptors (Lipinski definition) is 5. The molecule has 7 heteroatoms. The van der Waals surface area contributed by atoms with E-state index in [9.17, 15) is 9.90 Å². The fourth-order valence-electron chi connectivity index (χ4n) is 2.03. The summed E-state index contributed by atoms with van der Waals surface area (Å²) in [7, 11) is 0. The first-order chi connectivity index (χ1) is 9.06. The molecule has 2 heterocycles. The van der Waals surface area contributed by atoms with E-state index in [2.05, 4.69) is 10.3 Å². The number of nitrogens with zero attached hydrogens (tertiary/aromatic N) is 1. The van der Waals surface area contributed by atoms with E-state index in [0.717, 1.165) is 0 Å². The second kappa shape index (κ2) is 5.73. The van der Waals surface area contributed by atoms with Crippen molar-refractivity contribution in [2.24, 2.45) is 0 Å². The molecule has 19 heavy (non-hydrogen) atoms. The monoisotopic (exact) mass is 286 g/mol. The minimum atomic E-state index is -1.11. The van der Waals surface area contributed by atoms with Gasteiger partial charge in [-0.15, -0.1) is 0 Å². The fourth-order valence-corrected chi connectivity index (χ4v) is 2.21. The van der Waals surface area contributed by atoms with Gasteiger partial charge in [0.05, 0.1) is 22.7 Å². The molecular formula is C12H15ClN2O4. The summed E-state index contributed by atoms with van der Waals surface area (Å²) in [5.41, 5.74) is -0.534. The maximum Gasteiger partial charge on any atom is 0.337 e. The van der Waals surface area contributed by atoms with Crippen LogP contribution in [0.15, 0.2) is 12.3 Å². The number of ether oxygens (including phenoxy) is 1. The van der Waals surface area contributed by atoms with Gasteiger partial charge in [-0.05, 0) is 18.9 Å². The van der Waals surface area contributed by atoms with Gasteiger partial charge in [-0.1, -0.05) is 11.6 Å². The number of aromatic carboxylic acids is 1. The molecule has 0 aliphatic carbocycles. The number of carboxylic acid groups (broad SMARTS) is 1. The predicted octanol–water partition coefficient (Wildman–Crippen LogP) is 1.39. The number of halogens is 1. The number of aromatic nitrogens is 1.